The van der Waals surface area contributed by atoms with Crippen molar-refractivity contribution in [3.8, 4) is 5.88 Å². The summed E-state index contributed by atoms with van der Waals surface area (Å²) in [4.78, 5) is 13.8. The van der Waals surface area contributed by atoms with Crippen molar-refractivity contribution in [2.45, 2.75) is 25.9 Å². The van der Waals surface area contributed by atoms with Crippen molar-refractivity contribution in [3.63, 3.8) is 0 Å². The summed E-state index contributed by atoms with van der Waals surface area (Å²) >= 11 is 0. The van der Waals surface area contributed by atoms with Crippen molar-refractivity contribution >= 4 is 5.65 Å². The van der Waals surface area contributed by atoms with Gasteiger partial charge in [0.2, 0.25) is 5.88 Å². The van der Waals surface area contributed by atoms with Gasteiger partial charge in [0.25, 0.3) is 5.56 Å². The molecule has 0 aliphatic heterocycles. The minimum Gasteiger partial charge on any atom is -0.493 e. The van der Waals surface area contributed by atoms with Crippen molar-refractivity contribution in [2.75, 3.05) is 0 Å². The predicted molar refractivity (Wildman–Crippen MR) is 56.6 cm³/mol. The Morgan fingerprint density at radius 2 is 2.17 bits per heavy atom. The molecule has 0 aliphatic rings. The van der Waals surface area contributed by atoms with Crippen molar-refractivity contribution < 1.29 is 18.3 Å². The van der Waals surface area contributed by atoms with Crippen LogP contribution >= 0.6 is 0 Å². The standard InChI is InChI=1S/C10H10F3N3O2/c1-2-5-4-14-16-7(5)15-8(17)6(9(16)18)3-10(11,12)13/h4,18H,2-3H2,1H3,(H,15,17). The van der Waals surface area contributed by atoms with E-state index in [1.807, 2.05) is 0 Å². The average molecular weight is 261 g/mol. The molecular formula is C10H10F3N3O2. The van der Waals surface area contributed by atoms with Gasteiger partial charge < -0.3 is 10.1 Å². The maximum atomic E-state index is 12.3. The molecule has 0 atom stereocenters. The molecule has 0 saturated heterocycles. The number of aromatic nitrogens is 3. The third-order valence-corrected chi connectivity index (χ3v) is 2.58. The van der Waals surface area contributed by atoms with Crippen LogP contribution < -0.4 is 5.56 Å². The highest BCUT2D eigenvalue weighted by Crippen LogP contribution is 2.25. The first-order valence-electron chi connectivity index (χ1n) is 5.21. The molecule has 0 amide bonds. The summed E-state index contributed by atoms with van der Waals surface area (Å²) in [5.41, 5.74) is -0.833. The highest BCUT2D eigenvalue weighted by atomic mass is 19.4. The molecule has 2 rings (SSSR count). The first kappa shape index (κ1) is 12.5. The van der Waals surface area contributed by atoms with E-state index in [4.69, 9.17) is 0 Å². The summed E-state index contributed by atoms with van der Waals surface area (Å²) in [5.74, 6) is -0.772. The highest BCUT2D eigenvalue weighted by molar-refractivity contribution is 5.49. The SMILES string of the molecule is CCc1cnn2c(O)c(CC(F)(F)F)c(=O)[nH]c12. The largest absolute Gasteiger partial charge is 0.493 e. The number of alkyl halides is 3. The van der Waals surface area contributed by atoms with Gasteiger partial charge in [0.15, 0.2) is 0 Å². The van der Waals surface area contributed by atoms with Crippen LogP contribution in [0.15, 0.2) is 11.0 Å². The number of aryl methyl sites for hydroxylation is 1. The minimum atomic E-state index is -4.57. The Balaban J connectivity index is 2.67. The van der Waals surface area contributed by atoms with Crippen molar-refractivity contribution in [1.82, 2.24) is 14.6 Å². The number of hydrogen-bond donors (Lipinski definition) is 2. The van der Waals surface area contributed by atoms with E-state index in [2.05, 4.69) is 10.1 Å². The molecule has 5 nitrogen and oxygen atoms in total. The fraction of sp³-hybridized carbons (Fsp3) is 0.400. The molecule has 2 aromatic rings. The molecule has 0 aliphatic carbocycles. The second-order valence-electron chi connectivity index (χ2n) is 3.83. The first-order chi connectivity index (χ1) is 8.33. The fourth-order valence-electron chi connectivity index (χ4n) is 1.71. The van der Waals surface area contributed by atoms with Crippen molar-refractivity contribution in [2.24, 2.45) is 0 Å². The van der Waals surface area contributed by atoms with Gasteiger partial charge in [-0.05, 0) is 6.42 Å². The lowest BCUT2D eigenvalue weighted by Crippen LogP contribution is -2.22. The van der Waals surface area contributed by atoms with Crippen LogP contribution in [0.1, 0.15) is 18.1 Å². The number of hydrogen-bond acceptors (Lipinski definition) is 3. The molecule has 18 heavy (non-hydrogen) atoms. The molecule has 98 valence electrons. The van der Waals surface area contributed by atoms with E-state index in [9.17, 15) is 23.1 Å². The van der Waals surface area contributed by atoms with Gasteiger partial charge in [0.05, 0.1) is 18.2 Å². The molecule has 2 N–H and O–H groups in total. The molecule has 0 aromatic carbocycles. The first-order valence-corrected chi connectivity index (χ1v) is 5.21. The second kappa shape index (κ2) is 4.04. The van der Waals surface area contributed by atoms with Gasteiger partial charge in [-0.1, -0.05) is 6.92 Å². The van der Waals surface area contributed by atoms with E-state index < -0.39 is 29.6 Å². The molecule has 2 heterocycles. The van der Waals surface area contributed by atoms with E-state index in [1.54, 1.807) is 6.92 Å². The van der Waals surface area contributed by atoms with Crippen LogP contribution in [-0.2, 0) is 12.8 Å². The number of nitrogens with one attached hydrogen (secondary N) is 1. The van der Waals surface area contributed by atoms with E-state index in [0.29, 0.717) is 12.0 Å². The molecule has 8 heteroatoms. The van der Waals surface area contributed by atoms with Gasteiger partial charge in [0.1, 0.15) is 5.65 Å². The second-order valence-corrected chi connectivity index (χ2v) is 3.83. The van der Waals surface area contributed by atoms with E-state index in [1.165, 1.54) is 6.20 Å². The van der Waals surface area contributed by atoms with E-state index in [-0.39, 0.29) is 5.65 Å². The number of halogens is 3. The number of rotatable bonds is 2. The third kappa shape index (κ3) is 2.05. The number of H-pyrrole nitrogens is 1. The Morgan fingerprint density at radius 3 is 2.72 bits per heavy atom. The quantitative estimate of drug-likeness (QED) is 0.858. The Bertz CT molecular complexity index is 642. The molecule has 0 unspecified atom stereocenters. The lowest BCUT2D eigenvalue weighted by molar-refractivity contribution is -0.127. The van der Waals surface area contributed by atoms with Gasteiger partial charge >= 0.3 is 6.18 Å². The van der Waals surface area contributed by atoms with E-state index >= 15 is 0 Å². The Kier molecular flexibility index (Phi) is 2.80. The molecule has 0 fully saturated rings. The van der Waals surface area contributed by atoms with Crippen LogP contribution in [0.25, 0.3) is 5.65 Å². The molecule has 0 bridgehead atoms. The maximum absolute atomic E-state index is 12.3. The number of nitrogens with zero attached hydrogens (tertiary/aromatic N) is 2. The summed E-state index contributed by atoms with van der Waals surface area (Å²) in [6.45, 7) is 1.80. The number of aromatic amines is 1. The Morgan fingerprint density at radius 1 is 1.50 bits per heavy atom. The molecule has 0 radical (unpaired) electrons. The van der Waals surface area contributed by atoms with Crippen molar-refractivity contribution in [1.29, 1.82) is 0 Å². The third-order valence-electron chi connectivity index (χ3n) is 2.58. The van der Waals surface area contributed by atoms with Gasteiger partial charge in [0, 0.05) is 5.56 Å². The van der Waals surface area contributed by atoms with Crippen molar-refractivity contribution in [3.05, 3.63) is 27.7 Å². The summed E-state index contributed by atoms with van der Waals surface area (Å²) in [6, 6.07) is 0. The summed E-state index contributed by atoms with van der Waals surface area (Å²) in [7, 11) is 0. The monoisotopic (exact) mass is 261 g/mol. The average Bonchev–Trinajstić information content (AvgIpc) is 2.65. The molecule has 0 spiro atoms. The summed E-state index contributed by atoms with van der Waals surface area (Å²) in [5, 5.41) is 13.4. The normalized spacial score (nSPS) is 12.2. The number of fused-ring (bicyclic) bond motifs is 1. The Hall–Kier alpha value is -1.99. The van der Waals surface area contributed by atoms with Crippen LogP contribution in [0.5, 0.6) is 5.88 Å². The van der Waals surface area contributed by atoms with Crippen LogP contribution in [0, 0.1) is 0 Å². The lowest BCUT2D eigenvalue weighted by Gasteiger charge is -2.08. The molecule has 2 aromatic heterocycles. The summed E-state index contributed by atoms with van der Waals surface area (Å²) < 4.78 is 37.7. The zero-order valence-corrected chi connectivity index (χ0v) is 9.38. The minimum absolute atomic E-state index is 0.214. The number of aromatic hydroxyl groups is 1. The van der Waals surface area contributed by atoms with E-state index in [0.717, 1.165) is 4.52 Å². The highest BCUT2D eigenvalue weighted by Gasteiger charge is 2.32. The predicted octanol–water partition coefficient (Wildman–Crippen LogP) is 1.40. The van der Waals surface area contributed by atoms with Gasteiger partial charge in [-0.3, -0.25) is 4.79 Å². The molecule has 0 saturated carbocycles. The van der Waals surface area contributed by atoms with Gasteiger partial charge in [-0.15, -0.1) is 0 Å². The van der Waals surface area contributed by atoms with Crippen LogP contribution in [0.3, 0.4) is 0 Å². The summed E-state index contributed by atoms with van der Waals surface area (Å²) in [6.07, 6.45) is -4.13. The van der Waals surface area contributed by atoms with Crippen LogP contribution in [-0.4, -0.2) is 25.9 Å². The Labute approximate surface area is 98.9 Å². The lowest BCUT2D eigenvalue weighted by atomic mass is 10.2. The zero-order valence-electron chi connectivity index (χ0n) is 9.38. The smallest absolute Gasteiger partial charge is 0.393 e. The van der Waals surface area contributed by atoms with Crippen LogP contribution in [0.4, 0.5) is 13.2 Å². The maximum Gasteiger partial charge on any atom is 0.393 e. The van der Waals surface area contributed by atoms with Gasteiger partial charge in [-0.2, -0.15) is 22.8 Å². The van der Waals surface area contributed by atoms with Crippen LogP contribution in [0.2, 0.25) is 0 Å². The topological polar surface area (TPSA) is 70.4 Å². The zero-order chi connectivity index (χ0) is 13.5. The van der Waals surface area contributed by atoms with Gasteiger partial charge in [-0.25, -0.2) is 0 Å². The molecular weight excluding hydrogens is 251 g/mol. The fourth-order valence-corrected chi connectivity index (χ4v) is 1.71.